The lowest BCUT2D eigenvalue weighted by molar-refractivity contribution is -0.137. The number of rotatable bonds is 8. The molecule has 0 heterocycles. The standard InChI is InChI=1S/C13H16N2O7S/c1-8(9-2-4-10(5-3-9)13(19)20)15-23(21,22)7-11(16)14-6-12(17)18/h2-5,8,15H,6-7H2,1H3,(H,14,16)(H,17,18)(H,19,20). The molecule has 0 bridgehead atoms. The van der Waals surface area contributed by atoms with Crippen molar-refractivity contribution in [1.82, 2.24) is 10.0 Å². The van der Waals surface area contributed by atoms with Gasteiger partial charge in [0.1, 0.15) is 12.3 Å². The van der Waals surface area contributed by atoms with Crippen molar-refractivity contribution in [3.05, 3.63) is 35.4 Å². The molecule has 0 aliphatic heterocycles. The summed E-state index contributed by atoms with van der Waals surface area (Å²) in [4.78, 5) is 32.4. The predicted octanol–water partition coefficient (Wildman–Crippen LogP) is -0.434. The topological polar surface area (TPSA) is 150 Å². The highest BCUT2D eigenvalue weighted by molar-refractivity contribution is 7.90. The van der Waals surface area contributed by atoms with Gasteiger partial charge in [-0.1, -0.05) is 12.1 Å². The zero-order valence-corrected chi connectivity index (χ0v) is 13.0. The number of aromatic carboxylic acids is 1. The molecule has 1 aromatic rings. The molecule has 1 atom stereocenters. The second kappa shape index (κ2) is 7.70. The lowest BCUT2D eigenvalue weighted by atomic mass is 10.1. The Kier molecular flexibility index (Phi) is 6.22. The van der Waals surface area contributed by atoms with Crippen LogP contribution in [0.1, 0.15) is 28.9 Å². The van der Waals surface area contributed by atoms with Gasteiger partial charge in [0.25, 0.3) is 0 Å². The van der Waals surface area contributed by atoms with Crippen LogP contribution in [0.4, 0.5) is 0 Å². The van der Waals surface area contributed by atoms with E-state index in [-0.39, 0.29) is 5.56 Å². The molecule has 1 unspecified atom stereocenters. The molecular weight excluding hydrogens is 328 g/mol. The van der Waals surface area contributed by atoms with Crippen molar-refractivity contribution in [3.63, 3.8) is 0 Å². The first-order valence-corrected chi connectivity index (χ1v) is 8.07. The fourth-order valence-corrected chi connectivity index (χ4v) is 2.90. The van der Waals surface area contributed by atoms with Crippen LogP contribution in [0.15, 0.2) is 24.3 Å². The summed E-state index contributed by atoms with van der Waals surface area (Å²) in [5.41, 5.74) is 0.585. The van der Waals surface area contributed by atoms with Crippen molar-refractivity contribution < 1.29 is 33.0 Å². The summed E-state index contributed by atoms with van der Waals surface area (Å²) in [5, 5.41) is 19.1. The Hall–Kier alpha value is -2.46. The number of carboxylic acid groups (broad SMARTS) is 2. The summed E-state index contributed by atoms with van der Waals surface area (Å²) >= 11 is 0. The molecule has 126 valence electrons. The van der Waals surface area contributed by atoms with Gasteiger partial charge in [0.15, 0.2) is 0 Å². The van der Waals surface area contributed by atoms with E-state index in [4.69, 9.17) is 10.2 Å². The van der Waals surface area contributed by atoms with E-state index >= 15 is 0 Å². The summed E-state index contributed by atoms with van der Waals surface area (Å²) in [6.07, 6.45) is 0. The molecule has 23 heavy (non-hydrogen) atoms. The van der Waals surface area contributed by atoms with Crippen molar-refractivity contribution in [2.75, 3.05) is 12.3 Å². The summed E-state index contributed by atoms with van der Waals surface area (Å²) < 4.78 is 25.9. The van der Waals surface area contributed by atoms with Gasteiger partial charge < -0.3 is 15.5 Å². The van der Waals surface area contributed by atoms with Crippen molar-refractivity contribution in [3.8, 4) is 0 Å². The third-order valence-corrected chi connectivity index (χ3v) is 4.13. The van der Waals surface area contributed by atoms with Gasteiger partial charge in [-0.25, -0.2) is 17.9 Å². The number of amides is 1. The van der Waals surface area contributed by atoms with Gasteiger partial charge in [-0.15, -0.1) is 0 Å². The van der Waals surface area contributed by atoms with Crippen molar-refractivity contribution in [2.24, 2.45) is 0 Å². The number of carbonyl (C=O) groups is 3. The molecule has 0 spiro atoms. The highest BCUT2D eigenvalue weighted by atomic mass is 32.2. The number of aliphatic carboxylic acids is 1. The minimum absolute atomic E-state index is 0.0665. The fraction of sp³-hybridized carbons (Fsp3) is 0.308. The minimum Gasteiger partial charge on any atom is -0.480 e. The molecule has 10 heteroatoms. The Labute approximate surface area is 132 Å². The second-order valence-electron chi connectivity index (χ2n) is 4.70. The molecule has 1 rings (SSSR count). The molecule has 0 saturated heterocycles. The maximum atomic E-state index is 11.8. The fourth-order valence-electron chi connectivity index (χ4n) is 1.69. The summed E-state index contributed by atoms with van der Waals surface area (Å²) in [6.45, 7) is 0.864. The third kappa shape index (κ3) is 6.45. The highest BCUT2D eigenvalue weighted by Crippen LogP contribution is 2.14. The average Bonchev–Trinajstić information content (AvgIpc) is 2.44. The highest BCUT2D eigenvalue weighted by Gasteiger charge is 2.20. The van der Waals surface area contributed by atoms with Crippen molar-refractivity contribution >= 4 is 27.9 Å². The predicted molar refractivity (Wildman–Crippen MR) is 79.4 cm³/mol. The first-order chi connectivity index (χ1) is 10.6. The van der Waals surface area contributed by atoms with Crippen LogP contribution in [0, 0.1) is 0 Å². The smallest absolute Gasteiger partial charge is 0.335 e. The molecule has 4 N–H and O–H groups in total. The Morgan fingerprint density at radius 3 is 2.17 bits per heavy atom. The molecule has 1 aromatic carbocycles. The Morgan fingerprint density at radius 2 is 1.70 bits per heavy atom. The van der Waals surface area contributed by atoms with Gasteiger partial charge in [-0.05, 0) is 24.6 Å². The maximum Gasteiger partial charge on any atom is 0.335 e. The van der Waals surface area contributed by atoms with Gasteiger partial charge in [0.05, 0.1) is 5.56 Å². The van der Waals surface area contributed by atoms with E-state index < -0.39 is 46.2 Å². The number of sulfonamides is 1. The monoisotopic (exact) mass is 344 g/mol. The van der Waals surface area contributed by atoms with Gasteiger partial charge in [-0.3, -0.25) is 9.59 Å². The summed E-state index contributed by atoms with van der Waals surface area (Å²) in [7, 11) is -3.97. The Bertz CT molecular complexity index is 698. The van der Waals surface area contributed by atoms with Gasteiger partial charge >= 0.3 is 11.9 Å². The number of hydrogen-bond acceptors (Lipinski definition) is 5. The molecule has 0 aromatic heterocycles. The van der Waals surface area contributed by atoms with Crippen LogP contribution in [0.25, 0.3) is 0 Å². The van der Waals surface area contributed by atoms with Crippen molar-refractivity contribution in [1.29, 1.82) is 0 Å². The van der Waals surface area contributed by atoms with E-state index in [1.807, 2.05) is 5.32 Å². The van der Waals surface area contributed by atoms with E-state index in [2.05, 4.69) is 4.72 Å². The van der Waals surface area contributed by atoms with Crippen LogP contribution >= 0.6 is 0 Å². The van der Waals surface area contributed by atoms with Crippen LogP contribution in [0.5, 0.6) is 0 Å². The molecule has 0 saturated carbocycles. The van der Waals surface area contributed by atoms with Crippen LogP contribution in [-0.4, -0.2) is 48.8 Å². The molecular formula is C13H16N2O7S. The number of hydrogen-bond donors (Lipinski definition) is 4. The van der Waals surface area contributed by atoms with Crippen molar-refractivity contribution in [2.45, 2.75) is 13.0 Å². The maximum absolute atomic E-state index is 11.8. The minimum atomic E-state index is -3.97. The lowest BCUT2D eigenvalue weighted by Crippen LogP contribution is -2.39. The molecule has 0 aliphatic carbocycles. The molecule has 0 aliphatic rings. The van der Waals surface area contributed by atoms with E-state index in [9.17, 15) is 22.8 Å². The lowest BCUT2D eigenvalue weighted by Gasteiger charge is -2.14. The van der Waals surface area contributed by atoms with E-state index in [1.54, 1.807) is 0 Å². The number of carboxylic acids is 2. The normalized spacial score (nSPS) is 12.4. The Balaban J connectivity index is 2.67. The van der Waals surface area contributed by atoms with Crippen LogP contribution in [0.3, 0.4) is 0 Å². The van der Waals surface area contributed by atoms with Crippen LogP contribution < -0.4 is 10.0 Å². The van der Waals surface area contributed by atoms with Gasteiger partial charge in [-0.2, -0.15) is 0 Å². The summed E-state index contributed by atoms with van der Waals surface area (Å²) in [6, 6.07) is 4.90. The molecule has 0 fully saturated rings. The SMILES string of the molecule is CC(NS(=O)(=O)CC(=O)NCC(=O)O)c1ccc(C(=O)O)cc1. The number of nitrogens with one attached hydrogen (secondary N) is 2. The van der Waals surface area contributed by atoms with Crippen LogP contribution in [-0.2, 0) is 19.6 Å². The van der Waals surface area contributed by atoms with Gasteiger partial charge in [0.2, 0.25) is 15.9 Å². The zero-order chi connectivity index (χ0) is 17.6. The number of benzene rings is 1. The first kappa shape index (κ1) is 18.6. The molecule has 9 nitrogen and oxygen atoms in total. The van der Waals surface area contributed by atoms with Crippen LogP contribution in [0.2, 0.25) is 0 Å². The third-order valence-electron chi connectivity index (χ3n) is 2.77. The second-order valence-corrected chi connectivity index (χ2v) is 6.45. The first-order valence-electron chi connectivity index (χ1n) is 6.42. The largest absolute Gasteiger partial charge is 0.480 e. The van der Waals surface area contributed by atoms with E-state index in [0.29, 0.717) is 5.56 Å². The average molecular weight is 344 g/mol. The molecule has 0 radical (unpaired) electrons. The van der Waals surface area contributed by atoms with Gasteiger partial charge in [0, 0.05) is 6.04 Å². The Morgan fingerprint density at radius 1 is 1.13 bits per heavy atom. The van der Waals surface area contributed by atoms with E-state index in [1.165, 1.54) is 31.2 Å². The van der Waals surface area contributed by atoms with E-state index in [0.717, 1.165) is 0 Å². The zero-order valence-electron chi connectivity index (χ0n) is 12.1. The quantitative estimate of drug-likeness (QED) is 0.499. The molecule has 1 amide bonds. The number of carbonyl (C=O) groups excluding carboxylic acids is 1. The summed E-state index contributed by atoms with van der Waals surface area (Å²) in [5.74, 6) is -4.22.